The molecule has 2 aliphatic heterocycles. The molecule has 0 bridgehead atoms. The predicted octanol–water partition coefficient (Wildman–Crippen LogP) is 1.94. The van der Waals surface area contributed by atoms with Gasteiger partial charge < -0.3 is 9.57 Å². The molecule has 2 saturated heterocycles. The third-order valence-corrected chi connectivity index (χ3v) is 4.53. The summed E-state index contributed by atoms with van der Waals surface area (Å²) in [7, 11) is 0. The minimum Gasteiger partial charge on any atom is -0.433 e. The third-order valence-electron chi connectivity index (χ3n) is 4.53. The first-order valence-electron chi connectivity index (χ1n) is 7.43. The standard InChI is InChI=1S/C18H15NO4/c1-12-7-9-14(10-8-12)18(13-5-3-2-4-6-13)11-19-17(18)22-15(20)16(21)23-19/h2-10,17H,11H2,1H3. The monoisotopic (exact) mass is 309 g/mol. The van der Waals surface area contributed by atoms with E-state index in [0.29, 0.717) is 6.54 Å². The molecule has 0 spiro atoms. The highest BCUT2D eigenvalue weighted by molar-refractivity contribution is 6.30. The predicted molar refractivity (Wildman–Crippen MR) is 81.1 cm³/mol. The van der Waals surface area contributed by atoms with Gasteiger partial charge in [-0.3, -0.25) is 0 Å². The maximum absolute atomic E-state index is 11.7. The van der Waals surface area contributed by atoms with Crippen molar-refractivity contribution in [1.29, 1.82) is 0 Å². The average molecular weight is 309 g/mol. The Balaban J connectivity index is 1.82. The molecule has 2 atom stereocenters. The zero-order valence-corrected chi connectivity index (χ0v) is 12.6. The fraction of sp³-hybridized carbons (Fsp3) is 0.222. The summed E-state index contributed by atoms with van der Waals surface area (Å²) in [5.41, 5.74) is 2.67. The van der Waals surface area contributed by atoms with Crippen molar-refractivity contribution < 1.29 is 19.2 Å². The zero-order valence-electron chi connectivity index (χ0n) is 12.6. The summed E-state index contributed by atoms with van der Waals surface area (Å²) in [5.74, 6) is -1.91. The lowest BCUT2D eigenvalue weighted by Crippen LogP contribution is -2.72. The van der Waals surface area contributed by atoms with E-state index in [0.717, 1.165) is 16.7 Å². The molecule has 4 rings (SSSR count). The smallest absolute Gasteiger partial charge is 0.433 e. The number of rotatable bonds is 2. The van der Waals surface area contributed by atoms with Crippen LogP contribution in [0, 0.1) is 6.92 Å². The molecule has 2 aromatic carbocycles. The molecule has 116 valence electrons. The highest BCUT2D eigenvalue weighted by atomic mass is 16.8. The summed E-state index contributed by atoms with van der Waals surface area (Å²) in [6, 6.07) is 18.0. The Hall–Kier alpha value is -2.66. The number of fused-ring (bicyclic) bond motifs is 1. The van der Waals surface area contributed by atoms with E-state index in [9.17, 15) is 9.59 Å². The Labute approximate surface area is 133 Å². The second-order valence-electron chi connectivity index (χ2n) is 5.92. The van der Waals surface area contributed by atoms with E-state index in [-0.39, 0.29) is 0 Å². The number of aryl methyl sites for hydroxylation is 1. The Kier molecular flexibility index (Phi) is 2.99. The molecule has 2 heterocycles. The molecular formula is C18H15NO4. The first-order valence-corrected chi connectivity index (χ1v) is 7.43. The van der Waals surface area contributed by atoms with Gasteiger partial charge >= 0.3 is 11.9 Å². The van der Waals surface area contributed by atoms with Gasteiger partial charge in [0.05, 0.1) is 12.0 Å². The van der Waals surface area contributed by atoms with Crippen LogP contribution < -0.4 is 0 Å². The normalized spacial score (nSPS) is 26.7. The van der Waals surface area contributed by atoms with Gasteiger partial charge in [0.25, 0.3) is 0 Å². The van der Waals surface area contributed by atoms with Gasteiger partial charge in [-0.05, 0) is 18.1 Å². The van der Waals surface area contributed by atoms with E-state index in [1.54, 1.807) is 0 Å². The van der Waals surface area contributed by atoms with Crippen molar-refractivity contribution in [1.82, 2.24) is 5.06 Å². The SMILES string of the molecule is Cc1ccc(C2(c3ccccc3)CN3OC(=O)C(=O)OC32)cc1. The number of hydrogen-bond acceptors (Lipinski definition) is 5. The van der Waals surface area contributed by atoms with Gasteiger partial charge in [0.1, 0.15) is 0 Å². The van der Waals surface area contributed by atoms with Crippen LogP contribution in [0.1, 0.15) is 16.7 Å². The van der Waals surface area contributed by atoms with Crippen LogP contribution in [0.25, 0.3) is 0 Å². The quantitative estimate of drug-likeness (QED) is 0.627. The van der Waals surface area contributed by atoms with Crippen molar-refractivity contribution in [2.45, 2.75) is 18.6 Å². The summed E-state index contributed by atoms with van der Waals surface area (Å²) in [6.07, 6.45) is -0.641. The fourth-order valence-electron chi connectivity index (χ4n) is 3.29. The highest BCUT2D eigenvalue weighted by Crippen LogP contribution is 2.48. The average Bonchev–Trinajstić information content (AvgIpc) is 2.56. The molecular weight excluding hydrogens is 294 g/mol. The number of hydroxylamine groups is 2. The van der Waals surface area contributed by atoms with Gasteiger partial charge in [0, 0.05) is 0 Å². The topological polar surface area (TPSA) is 55.8 Å². The number of carbonyl (C=O) groups excluding carboxylic acids is 2. The van der Waals surface area contributed by atoms with Gasteiger partial charge in [-0.15, -0.1) is 0 Å². The summed E-state index contributed by atoms with van der Waals surface area (Å²) in [6.45, 7) is 2.47. The Bertz CT molecular complexity index is 771. The van der Waals surface area contributed by atoms with Crippen molar-refractivity contribution in [3.8, 4) is 0 Å². The van der Waals surface area contributed by atoms with Crippen molar-refractivity contribution >= 4 is 11.9 Å². The lowest BCUT2D eigenvalue weighted by Gasteiger charge is -2.55. The van der Waals surface area contributed by atoms with E-state index in [1.165, 1.54) is 5.06 Å². The van der Waals surface area contributed by atoms with Crippen LogP contribution in [0.5, 0.6) is 0 Å². The molecule has 2 aromatic rings. The molecule has 0 saturated carbocycles. The second kappa shape index (κ2) is 4.93. The van der Waals surface area contributed by atoms with E-state index in [4.69, 9.17) is 9.57 Å². The lowest BCUT2D eigenvalue weighted by molar-refractivity contribution is -0.325. The first kappa shape index (κ1) is 14.0. The van der Waals surface area contributed by atoms with Gasteiger partial charge in [-0.2, -0.15) is 0 Å². The minimum atomic E-state index is -0.966. The number of benzene rings is 2. The van der Waals surface area contributed by atoms with Crippen molar-refractivity contribution in [2.75, 3.05) is 6.54 Å². The van der Waals surface area contributed by atoms with E-state index in [1.807, 2.05) is 61.5 Å². The van der Waals surface area contributed by atoms with E-state index in [2.05, 4.69) is 0 Å². The molecule has 0 aromatic heterocycles. The number of ether oxygens (including phenoxy) is 1. The third kappa shape index (κ3) is 1.97. The molecule has 2 unspecified atom stereocenters. The van der Waals surface area contributed by atoms with Crippen LogP contribution in [0.3, 0.4) is 0 Å². The largest absolute Gasteiger partial charge is 0.436 e. The van der Waals surface area contributed by atoms with Crippen LogP contribution >= 0.6 is 0 Å². The summed E-state index contributed by atoms with van der Waals surface area (Å²) < 4.78 is 5.37. The van der Waals surface area contributed by atoms with Crippen molar-refractivity contribution in [2.24, 2.45) is 0 Å². The number of carbonyl (C=O) groups is 2. The number of hydrogen-bond donors (Lipinski definition) is 0. The van der Waals surface area contributed by atoms with Crippen molar-refractivity contribution in [3.63, 3.8) is 0 Å². The molecule has 5 heteroatoms. The molecule has 0 radical (unpaired) electrons. The summed E-state index contributed by atoms with van der Waals surface area (Å²) in [4.78, 5) is 28.1. The van der Waals surface area contributed by atoms with E-state index < -0.39 is 23.6 Å². The van der Waals surface area contributed by atoms with Gasteiger partial charge in [0.15, 0.2) is 0 Å². The molecule has 5 nitrogen and oxygen atoms in total. The minimum absolute atomic E-state index is 0.448. The molecule has 0 amide bonds. The summed E-state index contributed by atoms with van der Waals surface area (Å²) in [5, 5.41) is 1.43. The van der Waals surface area contributed by atoms with Crippen LogP contribution in [0.15, 0.2) is 54.6 Å². The van der Waals surface area contributed by atoms with Crippen LogP contribution in [-0.2, 0) is 24.6 Å². The molecule has 23 heavy (non-hydrogen) atoms. The number of esters is 1. The molecule has 2 fully saturated rings. The molecule has 0 N–H and O–H groups in total. The van der Waals surface area contributed by atoms with Gasteiger partial charge in [-0.25, -0.2) is 9.59 Å². The fourth-order valence-corrected chi connectivity index (χ4v) is 3.29. The van der Waals surface area contributed by atoms with Crippen LogP contribution in [-0.4, -0.2) is 29.8 Å². The highest BCUT2D eigenvalue weighted by Gasteiger charge is 2.62. The van der Waals surface area contributed by atoms with E-state index >= 15 is 0 Å². The first-order chi connectivity index (χ1) is 11.1. The molecule has 0 aliphatic carbocycles. The Morgan fingerprint density at radius 2 is 1.61 bits per heavy atom. The zero-order chi connectivity index (χ0) is 16.0. The van der Waals surface area contributed by atoms with Crippen molar-refractivity contribution in [3.05, 3.63) is 71.3 Å². The Morgan fingerprint density at radius 1 is 0.957 bits per heavy atom. The van der Waals surface area contributed by atoms with Gasteiger partial charge in [-0.1, -0.05) is 65.2 Å². The maximum Gasteiger partial charge on any atom is 0.436 e. The molecule has 2 aliphatic rings. The Morgan fingerprint density at radius 3 is 2.30 bits per heavy atom. The maximum atomic E-state index is 11.7. The second-order valence-corrected chi connectivity index (χ2v) is 5.92. The van der Waals surface area contributed by atoms with Crippen LogP contribution in [0.4, 0.5) is 0 Å². The van der Waals surface area contributed by atoms with Gasteiger partial charge in [0.2, 0.25) is 6.23 Å². The van der Waals surface area contributed by atoms with Crippen LogP contribution in [0.2, 0.25) is 0 Å². The summed E-state index contributed by atoms with van der Waals surface area (Å²) >= 11 is 0. The lowest BCUT2D eigenvalue weighted by atomic mass is 9.67. The number of nitrogens with zero attached hydrogens (tertiary/aromatic N) is 1.